The van der Waals surface area contributed by atoms with E-state index in [4.69, 9.17) is 22.4 Å². The second-order valence-electron chi connectivity index (χ2n) is 2.33. The van der Waals surface area contributed by atoms with E-state index in [1.54, 1.807) is 12.3 Å². The third-order valence-electron chi connectivity index (χ3n) is 1.44. The fourth-order valence-corrected chi connectivity index (χ4v) is 1.21. The number of aromatic nitrogens is 1. The van der Waals surface area contributed by atoms with Crippen LogP contribution in [-0.4, -0.2) is 16.7 Å². The van der Waals surface area contributed by atoms with E-state index in [-0.39, 0.29) is 6.61 Å². The van der Waals surface area contributed by atoms with E-state index in [9.17, 15) is 0 Å². The van der Waals surface area contributed by atoms with E-state index in [2.05, 4.69) is 20.9 Å². The number of rotatable bonds is 2. The molecule has 1 aromatic rings. The van der Waals surface area contributed by atoms with E-state index in [1.807, 2.05) is 0 Å². The largest absolute Gasteiger partial charge is 0.394 e. The van der Waals surface area contributed by atoms with Crippen molar-refractivity contribution >= 4 is 27.5 Å². The van der Waals surface area contributed by atoms with Crippen LogP contribution in [0.3, 0.4) is 0 Å². The monoisotopic (exact) mass is 250 g/mol. The maximum absolute atomic E-state index is 8.75. The highest BCUT2D eigenvalue weighted by Crippen LogP contribution is 2.22. The van der Waals surface area contributed by atoms with Crippen LogP contribution in [-0.2, 0) is 0 Å². The van der Waals surface area contributed by atoms with Crippen molar-refractivity contribution in [3.63, 3.8) is 0 Å². The first-order valence-electron chi connectivity index (χ1n) is 3.32. The molecule has 5 heteroatoms. The zero-order chi connectivity index (χ0) is 9.14. The number of aliphatic hydroxyl groups excluding tert-OH is 1. The summed E-state index contributed by atoms with van der Waals surface area (Å²) in [5, 5.41) is 9.14. The van der Waals surface area contributed by atoms with Gasteiger partial charge < -0.3 is 10.8 Å². The first kappa shape index (κ1) is 9.92. The van der Waals surface area contributed by atoms with Crippen molar-refractivity contribution in [1.29, 1.82) is 0 Å². The second kappa shape index (κ2) is 4.18. The molecular weight excluding hydrogens is 243 g/mol. The van der Waals surface area contributed by atoms with Crippen LogP contribution < -0.4 is 5.73 Å². The highest BCUT2D eigenvalue weighted by Gasteiger charge is 2.06. The summed E-state index contributed by atoms with van der Waals surface area (Å²) in [6, 6.07) is 1.35. The fourth-order valence-electron chi connectivity index (χ4n) is 0.744. The molecule has 0 spiro atoms. The Morgan fingerprint density at radius 2 is 2.42 bits per heavy atom. The van der Waals surface area contributed by atoms with Gasteiger partial charge >= 0.3 is 0 Å². The molecule has 1 heterocycles. The predicted molar refractivity (Wildman–Crippen MR) is 51.0 cm³/mol. The van der Waals surface area contributed by atoms with Crippen molar-refractivity contribution in [1.82, 2.24) is 4.98 Å². The highest BCUT2D eigenvalue weighted by atomic mass is 79.9. The standard InChI is InChI=1S/C7H8BrClN2O/c8-5-1-4(6(10)3-12)2-11-7(5)9/h1-2,6,12H,3,10H2/t6-/m1/s1. The average Bonchev–Trinajstić information content (AvgIpc) is 2.08. The number of halogens is 2. The zero-order valence-corrected chi connectivity index (χ0v) is 8.51. The van der Waals surface area contributed by atoms with Crippen LogP contribution in [0.1, 0.15) is 11.6 Å². The Labute approximate surface area is 83.7 Å². The molecule has 3 N–H and O–H groups in total. The van der Waals surface area contributed by atoms with Crippen LogP contribution >= 0.6 is 27.5 Å². The smallest absolute Gasteiger partial charge is 0.143 e. The molecule has 3 nitrogen and oxygen atoms in total. The van der Waals surface area contributed by atoms with Gasteiger partial charge in [0.05, 0.1) is 17.1 Å². The molecule has 66 valence electrons. The summed E-state index contributed by atoms with van der Waals surface area (Å²) < 4.78 is 0.686. The molecule has 0 radical (unpaired) electrons. The van der Waals surface area contributed by atoms with Crippen LogP contribution in [0.15, 0.2) is 16.7 Å². The second-order valence-corrected chi connectivity index (χ2v) is 3.54. The molecule has 0 aliphatic rings. The van der Waals surface area contributed by atoms with Gasteiger partial charge in [-0.1, -0.05) is 11.6 Å². The maximum Gasteiger partial charge on any atom is 0.143 e. The van der Waals surface area contributed by atoms with Crippen LogP contribution in [0.25, 0.3) is 0 Å². The van der Waals surface area contributed by atoms with Crippen LogP contribution in [0.4, 0.5) is 0 Å². The quantitative estimate of drug-likeness (QED) is 0.783. The van der Waals surface area contributed by atoms with Gasteiger partial charge in [-0.3, -0.25) is 0 Å². The van der Waals surface area contributed by atoms with Crippen LogP contribution in [0.5, 0.6) is 0 Å². The van der Waals surface area contributed by atoms with Crippen LogP contribution in [0.2, 0.25) is 5.15 Å². The molecule has 1 rings (SSSR count). The summed E-state index contributed by atoms with van der Waals surface area (Å²) in [6.07, 6.45) is 1.55. The molecule has 0 saturated heterocycles. The fraction of sp³-hybridized carbons (Fsp3) is 0.286. The molecule has 1 atom stereocenters. The first-order valence-corrected chi connectivity index (χ1v) is 4.49. The van der Waals surface area contributed by atoms with Gasteiger partial charge in [-0.25, -0.2) is 4.98 Å². The van der Waals surface area contributed by atoms with Crippen molar-refractivity contribution < 1.29 is 5.11 Å². The van der Waals surface area contributed by atoms with Crippen molar-refractivity contribution in [2.24, 2.45) is 5.73 Å². The summed E-state index contributed by atoms with van der Waals surface area (Å²) in [7, 11) is 0. The summed E-state index contributed by atoms with van der Waals surface area (Å²) in [5.41, 5.74) is 6.32. The topological polar surface area (TPSA) is 59.1 Å². The summed E-state index contributed by atoms with van der Waals surface area (Å²) in [4.78, 5) is 3.88. The molecule has 12 heavy (non-hydrogen) atoms. The van der Waals surface area contributed by atoms with Crippen molar-refractivity contribution in [2.45, 2.75) is 6.04 Å². The summed E-state index contributed by atoms with van der Waals surface area (Å²) >= 11 is 8.88. The lowest BCUT2D eigenvalue weighted by Crippen LogP contribution is -2.14. The van der Waals surface area contributed by atoms with Crippen LogP contribution in [0, 0.1) is 0 Å². The Hall–Kier alpha value is -0.160. The lowest BCUT2D eigenvalue weighted by molar-refractivity contribution is 0.268. The van der Waals surface area contributed by atoms with Crippen molar-refractivity contribution in [3.05, 3.63) is 27.5 Å². The predicted octanol–water partition coefficient (Wildman–Crippen LogP) is 1.49. The Morgan fingerprint density at radius 1 is 1.75 bits per heavy atom. The van der Waals surface area contributed by atoms with Gasteiger partial charge in [0, 0.05) is 6.20 Å². The van der Waals surface area contributed by atoms with E-state index in [0.717, 1.165) is 5.56 Å². The number of pyridine rings is 1. The van der Waals surface area contributed by atoms with Gasteiger partial charge in [0.2, 0.25) is 0 Å². The summed E-state index contributed by atoms with van der Waals surface area (Å²) in [6.45, 7) is -0.101. The summed E-state index contributed by atoms with van der Waals surface area (Å²) in [5.74, 6) is 0. The molecule has 0 bridgehead atoms. The van der Waals surface area contributed by atoms with Gasteiger partial charge in [0.1, 0.15) is 5.15 Å². The Kier molecular flexibility index (Phi) is 3.46. The number of nitrogens with two attached hydrogens (primary N) is 1. The van der Waals surface area contributed by atoms with E-state index in [0.29, 0.717) is 9.63 Å². The normalized spacial score (nSPS) is 13.0. The minimum absolute atomic E-state index is 0.101. The Balaban J connectivity index is 2.96. The molecule has 0 aliphatic heterocycles. The molecular formula is C7H8BrClN2O. The van der Waals surface area contributed by atoms with E-state index < -0.39 is 6.04 Å². The minimum Gasteiger partial charge on any atom is -0.394 e. The zero-order valence-electron chi connectivity index (χ0n) is 6.17. The van der Waals surface area contributed by atoms with E-state index >= 15 is 0 Å². The molecule has 0 aromatic carbocycles. The van der Waals surface area contributed by atoms with Gasteiger partial charge in [0.25, 0.3) is 0 Å². The highest BCUT2D eigenvalue weighted by molar-refractivity contribution is 9.10. The minimum atomic E-state index is -0.397. The first-order chi connectivity index (χ1) is 5.65. The van der Waals surface area contributed by atoms with Gasteiger partial charge in [-0.05, 0) is 27.6 Å². The van der Waals surface area contributed by atoms with Gasteiger partial charge in [-0.2, -0.15) is 0 Å². The average molecular weight is 252 g/mol. The lowest BCUT2D eigenvalue weighted by Gasteiger charge is -2.07. The molecule has 0 unspecified atom stereocenters. The third-order valence-corrected chi connectivity index (χ3v) is 2.58. The maximum atomic E-state index is 8.75. The van der Waals surface area contributed by atoms with Gasteiger partial charge in [0.15, 0.2) is 0 Å². The van der Waals surface area contributed by atoms with Crippen molar-refractivity contribution in [3.8, 4) is 0 Å². The molecule has 1 aromatic heterocycles. The SMILES string of the molecule is N[C@H](CO)c1cnc(Cl)c(Br)c1. The number of aliphatic hydroxyl groups is 1. The van der Waals surface area contributed by atoms with Crippen molar-refractivity contribution in [2.75, 3.05) is 6.61 Å². The number of hydrogen-bond donors (Lipinski definition) is 2. The molecule has 0 saturated carbocycles. The molecule has 0 amide bonds. The molecule has 0 fully saturated rings. The van der Waals surface area contributed by atoms with Gasteiger partial charge in [-0.15, -0.1) is 0 Å². The Morgan fingerprint density at radius 3 is 2.92 bits per heavy atom. The number of hydrogen-bond acceptors (Lipinski definition) is 3. The Bertz CT molecular complexity index is 282. The van der Waals surface area contributed by atoms with E-state index in [1.165, 1.54) is 0 Å². The lowest BCUT2D eigenvalue weighted by atomic mass is 10.1. The number of nitrogens with zero attached hydrogens (tertiary/aromatic N) is 1. The molecule has 0 aliphatic carbocycles. The third kappa shape index (κ3) is 2.17.